The second kappa shape index (κ2) is 7.81. The van der Waals surface area contributed by atoms with E-state index in [9.17, 15) is 9.18 Å². The Morgan fingerprint density at radius 2 is 2.15 bits per heavy atom. The van der Waals surface area contributed by atoms with Crippen molar-refractivity contribution in [2.24, 2.45) is 0 Å². The number of thiazole rings is 1. The SMILES string of the molecule is CN(c1ccc2nc(NC(=O)NCCO)sc2n1)c1ccc(Cl)cc1F. The Balaban J connectivity index is 1.83. The van der Waals surface area contributed by atoms with Crippen molar-refractivity contribution in [2.75, 3.05) is 30.4 Å². The maximum atomic E-state index is 14.1. The number of hydrogen-bond donors (Lipinski definition) is 3. The number of halogens is 2. The molecule has 3 N–H and O–H groups in total. The fraction of sp³-hybridized carbons (Fsp3) is 0.188. The number of nitrogens with zero attached hydrogens (tertiary/aromatic N) is 3. The van der Waals surface area contributed by atoms with Gasteiger partial charge in [-0.1, -0.05) is 22.9 Å². The van der Waals surface area contributed by atoms with Crippen molar-refractivity contribution in [1.82, 2.24) is 15.3 Å². The Hall–Kier alpha value is -2.49. The molecule has 26 heavy (non-hydrogen) atoms. The summed E-state index contributed by atoms with van der Waals surface area (Å²) in [5.74, 6) is 0.0766. The van der Waals surface area contributed by atoms with Crippen molar-refractivity contribution in [3.63, 3.8) is 0 Å². The number of carbonyl (C=O) groups excluding carboxylic acids is 1. The average Bonchev–Trinajstić information content (AvgIpc) is 3.00. The normalized spacial score (nSPS) is 10.8. The monoisotopic (exact) mass is 395 g/mol. The third-order valence-corrected chi connectivity index (χ3v) is 4.59. The summed E-state index contributed by atoms with van der Waals surface area (Å²) in [6.07, 6.45) is 0. The van der Waals surface area contributed by atoms with Gasteiger partial charge in [0.2, 0.25) is 0 Å². The van der Waals surface area contributed by atoms with Crippen LogP contribution in [0.3, 0.4) is 0 Å². The number of hydrogen-bond acceptors (Lipinski definition) is 6. The van der Waals surface area contributed by atoms with E-state index in [1.165, 1.54) is 17.4 Å². The van der Waals surface area contributed by atoms with Crippen molar-refractivity contribution in [3.8, 4) is 0 Å². The van der Waals surface area contributed by atoms with Crippen LogP contribution in [0.1, 0.15) is 0 Å². The van der Waals surface area contributed by atoms with Gasteiger partial charge in [0.15, 0.2) is 5.13 Å². The molecule has 0 saturated heterocycles. The minimum absolute atomic E-state index is 0.147. The van der Waals surface area contributed by atoms with Crippen molar-refractivity contribution in [2.45, 2.75) is 0 Å². The van der Waals surface area contributed by atoms with Gasteiger partial charge in [-0.2, -0.15) is 0 Å². The van der Waals surface area contributed by atoms with Crippen LogP contribution in [-0.2, 0) is 0 Å². The zero-order valence-electron chi connectivity index (χ0n) is 13.7. The topological polar surface area (TPSA) is 90.4 Å². The van der Waals surface area contributed by atoms with E-state index < -0.39 is 11.8 Å². The first-order valence-corrected chi connectivity index (χ1v) is 8.79. The minimum Gasteiger partial charge on any atom is -0.395 e. The number of carbonyl (C=O) groups is 1. The molecule has 0 unspecified atom stereocenters. The standard InChI is InChI=1S/C16H15ClFN5O2S/c1-23(12-4-2-9(17)8-10(12)18)13-5-3-11-14(21-13)26-16(20-11)22-15(25)19-6-7-24/h2-5,8,24H,6-7H2,1H3,(H2,19,20,22,25). The van der Waals surface area contributed by atoms with Gasteiger partial charge in [0.1, 0.15) is 22.0 Å². The number of aliphatic hydroxyl groups excluding tert-OH is 1. The Bertz CT molecular complexity index is 952. The van der Waals surface area contributed by atoms with Gasteiger partial charge in [-0.3, -0.25) is 5.32 Å². The molecule has 2 amide bonds. The molecule has 2 aromatic heterocycles. The highest BCUT2D eigenvalue weighted by molar-refractivity contribution is 7.22. The predicted octanol–water partition coefficient (Wildman–Crippen LogP) is 3.37. The molecule has 3 aromatic rings. The van der Waals surface area contributed by atoms with Gasteiger partial charge in [0.05, 0.1) is 12.3 Å². The van der Waals surface area contributed by atoms with Crippen molar-refractivity contribution >= 4 is 56.0 Å². The number of aliphatic hydroxyl groups is 1. The largest absolute Gasteiger partial charge is 0.395 e. The van der Waals surface area contributed by atoms with Crippen LogP contribution in [0.25, 0.3) is 10.3 Å². The molecule has 0 fully saturated rings. The number of amides is 2. The molecule has 7 nitrogen and oxygen atoms in total. The van der Waals surface area contributed by atoms with E-state index in [2.05, 4.69) is 20.6 Å². The van der Waals surface area contributed by atoms with Crippen LogP contribution in [0.5, 0.6) is 0 Å². The van der Waals surface area contributed by atoms with Gasteiger partial charge in [-0.15, -0.1) is 0 Å². The molecule has 0 aliphatic rings. The third kappa shape index (κ3) is 4.01. The summed E-state index contributed by atoms with van der Waals surface area (Å²) in [6.45, 7) is 0.00233. The quantitative estimate of drug-likeness (QED) is 0.616. The summed E-state index contributed by atoms with van der Waals surface area (Å²) in [5, 5.41) is 14.5. The van der Waals surface area contributed by atoms with Crippen LogP contribution in [0.2, 0.25) is 5.02 Å². The van der Waals surface area contributed by atoms with Gasteiger partial charge < -0.3 is 15.3 Å². The number of anilines is 3. The Morgan fingerprint density at radius 3 is 2.88 bits per heavy atom. The molecule has 136 valence electrons. The van der Waals surface area contributed by atoms with Crippen LogP contribution in [-0.4, -0.2) is 41.3 Å². The third-order valence-electron chi connectivity index (χ3n) is 3.47. The smallest absolute Gasteiger partial charge is 0.321 e. The molecule has 0 spiro atoms. The van der Waals surface area contributed by atoms with E-state index in [1.54, 1.807) is 36.2 Å². The van der Waals surface area contributed by atoms with Crippen LogP contribution in [0, 0.1) is 5.82 Å². The average molecular weight is 396 g/mol. The first-order valence-electron chi connectivity index (χ1n) is 7.60. The van der Waals surface area contributed by atoms with Crippen molar-refractivity contribution < 1.29 is 14.3 Å². The number of benzene rings is 1. The van der Waals surface area contributed by atoms with E-state index in [0.29, 0.717) is 32.0 Å². The Labute approximate surface area is 157 Å². The number of nitrogens with one attached hydrogen (secondary N) is 2. The predicted molar refractivity (Wildman–Crippen MR) is 101 cm³/mol. The molecule has 2 heterocycles. The molecule has 0 radical (unpaired) electrons. The fourth-order valence-electron chi connectivity index (χ4n) is 2.24. The molecule has 0 aliphatic heterocycles. The minimum atomic E-state index is -0.460. The molecule has 3 rings (SSSR count). The van der Waals surface area contributed by atoms with Crippen molar-refractivity contribution in [3.05, 3.63) is 41.2 Å². The molecule has 0 bridgehead atoms. The molecule has 0 aliphatic carbocycles. The van der Waals surface area contributed by atoms with E-state index in [1.807, 2.05) is 0 Å². The Kier molecular flexibility index (Phi) is 5.50. The lowest BCUT2D eigenvalue weighted by molar-refractivity contribution is 0.245. The highest BCUT2D eigenvalue weighted by atomic mass is 35.5. The summed E-state index contributed by atoms with van der Waals surface area (Å²) in [4.78, 5) is 22.6. The van der Waals surface area contributed by atoms with Crippen molar-refractivity contribution in [1.29, 1.82) is 0 Å². The number of rotatable bonds is 5. The van der Waals surface area contributed by atoms with Crippen LogP contribution >= 0.6 is 22.9 Å². The number of aromatic nitrogens is 2. The van der Waals surface area contributed by atoms with E-state index in [0.717, 1.165) is 0 Å². The molecule has 1 aromatic carbocycles. The van der Waals surface area contributed by atoms with E-state index >= 15 is 0 Å². The lowest BCUT2D eigenvalue weighted by atomic mass is 10.2. The lowest BCUT2D eigenvalue weighted by Gasteiger charge is -2.18. The molecule has 10 heteroatoms. The van der Waals surface area contributed by atoms with Gasteiger partial charge in [-0.25, -0.2) is 19.2 Å². The summed E-state index contributed by atoms with van der Waals surface area (Å²) in [5.41, 5.74) is 0.952. The van der Waals surface area contributed by atoms with Gasteiger partial charge in [0, 0.05) is 18.6 Å². The van der Waals surface area contributed by atoms with Gasteiger partial charge in [-0.05, 0) is 30.3 Å². The maximum absolute atomic E-state index is 14.1. The molecular weight excluding hydrogens is 381 g/mol. The first kappa shape index (κ1) is 18.3. The zero-order valence-corrected chi connectivity index (χ0v) is 15.2. The van der Waals surface area contributed by atoms with Gasteiger partial charge >= 0.3 is 6.03 Å². The molecular formula is C16H15ClFN5O2S. The second-order valence-electron chi connectivity index (χ2n) is 5.27. The highest BCUT2D eigenvalue weighted by Gasteiger charge is 2.14. The maximum Gasteiger partial charge on any atom is 0.321 e. The highest BCUT2D eigenvalue weighted by Crippen LogP contribution is 2.30. The van der Waals surface area contributed by atoms with E-state index in [-0.39, 0.29) is 13.2 Å². The summed E-state index contributed by atoms with van der Waals surface area (Å²) in [6, 6.07) is 7.43. The number of urea groups is 1. The van der Waals surface area contributed by atoms with Crippen LogP contribution in [0.4, 0.5) is 25.8 Å². The molecule has 0 atom stereocenters. The second-order valence-corrected chi connectivity index (χ2v) is 6.69. The number of pyridine rings is 1. The van der Waals surface area contributed by atoms with Gasteiger partial charge in [0.25, 0.3) is 0 Å². The number of fused-ring (bicyclic) bond motifs is 1. The van der Waals surface area contributed by atoms with E-state index in [4.69, 9.17) is 16.7 Å². The zero-order chi connectivity index (χ0) is 18.7. The first-order chi connectivity index (χ1) is 12.5. The lowest BCUT2D eigenvalue weighted by Crippen LogP contribution is -2.30. The van der Waals surface area contributed by atoms with Crippen LogP contribution in [0.15, 0.2) is 30.3 Å². The summed E-state index contributed by atoms with van der Waals surface area (Å²) >= 11 is 6.98. The van der Waals surface area contributed by atoms with Crippen LogP contribution < -0.4 is 15.5 Å². The summed E-state index contributed by atoms with van der Waals surface area (Å²) < 4.78 is 14.1. The molecule has 0 saturated carbocycles. The summed E-state index contributed by atoms with van der Waals surface area (Å²) in [7, 11) is 1.70. The Morgan fingerprint density at radius 1 is 1.35 bits per heavy atom. The fourth-order valence-corrected chi connectivity index (χ4v) is 3.22.